The molecule has 0 amide bonds. The summed E-state index contributed by atoms with van der Waals surface area (Å²) in [5.41, 5.74) is 0.843. The van der Waals surface area contributed by atoms with Gasteiger partial charge in [-0.05, 0) is 6.29 Å². The number of allylic oxidation sites excluding steroid dienone is 3. The van der Waals surface area contributed by atoms with Crippen molar-refractivity contribution in [3.8, 4) is 0 Å². The second-order valence-electron chi connectivity index (χ2n) is 1.21. The summed E-state index contributed by atoms with van der Waals surface area (Å²) in [6.07, 6.45) is 4.58. The Labute approximate surface area is 98.6 Å². The van der Waals surface area contributed by atoms with Gasteiger partial charge in [-0.2, -0.15) is 11.6 Å². The summed E-state index contributed by atoms with van der Waals surface area (Å²) in [4.78, 5) is 9.52. The molecule has 0 unspecified atom stereocenters. The minimum atomic E-state index is 0. The normalized spacial score (nSPS) is 9.38. The predicted molar refractivity (Wildman–Crippen MR) is 29.6 cm³/mol. The summed E-state index contributed by atoms with van der Waals surface area (Å²) in [6, 6.07) is 0. The maximum Gasteiger partial charge on any atom is 1.00 e. The van der Waals surface area contributed by atoms with Gasteiger partial charge in [0.2, 0.25) is 0 Å². The molecule has 0 aromatic carbocycles. The first-order valence-electron chi connectivity index (χ1n) is 1.98. The third kappa shape index (κ3) is 6.96. The van der Waals surface area contributed by atoms with E-state index < -0.39 is 0 Å². The van der Waals surface area contributed by atoms with Crippen LogP contribution in [0.25, 0.3) is 0 Å². The van der Waals surface area contributed by atoms with Crippen molar-refractivity contribution < 1.29 is 63.0 Å². The van der Waals surface area contributed by atoms with E-state index in [0.29, 0.717) is 0 Å². The van der Waals surface area contributed by atoms with Crippen molar-refractivity contribution in [2.24, 2.45) is 0 Å². The van der Waals surface area contributed by atoms with Crippen molar-refractivity contribution in [2.45, 2.75) is 6.92 Å². The zero-order valence-corrected chi connectivity index (χ0v) is 10.2. The summed E-state index contributed by atoms with van der Waals surface area (Å²) < 4.78 is 0. The van der Waals surface area contributed by atoms with Gasteiger partial charge in [-0.25, -0.2) is 0 Å². The molecule has 0 heterocycles. The van der Waals surface area contributed by atoms with Gasteiger partial charge in [0.1, 0.15) is 0 Å². The summed E-state index contributed by atoms with van der Waals surface area (Å²) in [5.74, 6) is 0. The Kier molecular flexibility index (Phi) is 11.6. The first-order chi connectivity index (χ1) is 3.31. The number of rotatable bonds is 2. The number of carbonyl (C=O) groups excluding carboxylic acids is 1. The molecule has 0 aliphatic heterocycles. The van der Waals surface area contributed by atoms with Crippen molar-refractivity contribution in [1.82, 2.24) is 0 Å². The second kappa shape index (κ2) is 7.96. The van der Waals surface area contributed by atoms with E-state index in [4.69, 9.17) is 0 Å². The van der Waals surface area contributed by atoms with E-state index in [-0.39, 0.29) is 58.2 Å². The number of hydrogen-bond donors (Lipinski definition) is 0. The van der Waals surface area contributed by atoms with Crippen LogP contribution in [-0.4, -0.2) is 6.29 Å². The van der Waals surface area contributed by atoms with Crippen molar-refractivity contribution in [2.75, 3.05) is 0 Å². The molecule has 0 saturated carbocycles. The molecular weight excluding hydrogens is 174 g/mol. The molecule has 0 aromatic rings. The van der Waals surface area contributed by atoms with Gasteiger partial charge in [-0.15, -0.1) is 19.6 Å². The van der Waals surface area contributed by atoms with Crippen molar-refractivity contribution >= 4 is 6.29 Å². The molecule has 0 N–H and O–H groups in total. The average Bonchev–Trinajstić information content (AvgIpc) is 1.68. The molecular formula is C6H7ORb. The molecule has 0 aromatic heterocycles. The van der Waals surface area contributed by atoms with Crippen LogP contribution < -0.4 is 58.2 Å². The Morgan fingerprint density at radius 2 is 2.25 bits per heavy atom. The van der Waals surface area contributed by atoms with Gasteiger partial charge in [0, 0.05) is 0 Å². The standard InChI is InChI=1S/C6H7O.Rb/c1-3-6(2)4-5-7;/h3-4H,1H2,2H3;/q-1;+1/b6-4+;. The molecule has 0 rings (SSSR count). The van der Waals surface area contributed by atoms with Crippen LogP contribution in [0.1, 0.15) is 6.92 Å². The van der Waals surface area contributed by atoms with Crippen LogP contribution >= 0.6 is 0 Å². The fraction of sp³-hybridized carbons (Fsp3) is 0.167. The molecule has 0 radical (unpaired) electrons. The van der Waals surface area contributed by atoms with Crippen LogP contribution in [0.5, 0.6) is 0 Å². The zero-order valence-electron chi connectivity index (χ0n) is 5.27. The SMILES string of the molecule is C=C/C(C)=C/[C-]=O.[Rb+]. The molecule has 0 aliphatic rings. The quantitative estimate of drug-likeness (QED) is 0.279. The largest absolute Gasteiger partial charge is 1.00 e. The summed E-state index contributed by atoms with van der Waals surface area (Å²) in [5, 5.41) is 0. The Hall–Kier alpha value is 0.955. The Balaban J connectivity index is 0. The van der Waals surface area contributed by atoms with Crippen LogP contribution in [0.15, 0.2) is 24.3 Å². The molecule has 0 saturated heterocycles. The molecule has 0 aliphatic carbocycles. The van der Waals surface area contributed by atoms with Gasteiger partial charge in [-0.1, -0.05) is 0 Å². The third-order valence-corrected chi connectivity index (χ3v) is 0.609. The zero-order chi connectivity index (χ0) is 5.70. The third-order valence-electron chi connectivity index (χ3n) is 0.609. The van der Waals surface area contributed by atoms with E-state index >= 15 is 0 Å². The van der Waals surface area contributed by atoms with Crippen LogP contribution in [0.2, 0.25) is 0 Å². The summed E-state index contributed by atoms with van der Waals surface area (Å²) in [7, 11) is 0. The van der Waals surface area contributed by atoms with Crippen LogP contribution in [-0.2, 0) is 4.79 Å². The smallest absolute Gasteiger partial charge is 0.419 e. The molecule has 38 valence electrons. The van der Waals surface area contributed by atoms with E-state index in [1.807, 2.05) is 0 Å². The molecule has 0 atom stereocenters. The van der Waals surface area contributed by atoms with Crippen molar-refractivity contribution in [3.63, 3.8) is 0 Å². The van der Waals surface area contributed by atoms with Gasteiger partial charge in [0.25, 0.3) is 0 Å². The fourth-order valence-corrected chi connectivity index (χ4v) is 0.152. The Morgan fingerprint density at radius 1 is 1.75 bits per heavy atom. The second-order valence-corrected chi connectivity index (χ2v) is 1.21. The van der Waals surface area contributed by atoms with Crippen LogP contribution in [0, 0.1) is 0 Å². The molecule has 2 heteroatoms. The summed E-state index contributed by atoms with van der Waals surface area (Å²) in [6.45, 7) is 5.22. The van der Waals surface area contributed by atoms with Gasteiger partial charge >= 0.3 is 58.2 Å². The maximum atomic E-state index is 9.52. The maximum absolute atomic E-state index is 9.52. The van der Waals surface area contributed by atoms with E-state index in [0.717, 1.165) is 5.57 Å². The molecule has 0 bridgehead atoms. The topological polar surface area (TPSA) is 17.1 Å². The number of hydrogen-bond acceptors (Lipinski definition) is 1. The van der Waals surface area contributed by atoms with E-state index in [1.54, 1.807) is 19.3 Å². The first kappa shape index (κ1) is 11.7. The van der Waals surface area contributed by atoms with E-state index in [1.165, 1.54) is 6.08 Å². The molecule has 0 fully saturated rings. The van der Waals surface area contributed by atoms with Crippen molar-refractivity contribution in [1.29, 1.82) is 0 Å². The minimum Gasteiger partial charge on any atom is -0.419 e. The molecule has 8 heavy (non-hydrogen) atoms. The van der Waals surface area contributed by atoms with Crippen molar-refractivity contribution in [3.05, 3.63) is 24.3 Å². The van der Waals surface area contributed by atoms with Crippen LogP contribution in [0.4, 0.5) is 0 Å². The minimum absolute atomic E-state index is 0. The first-order valence-corrected chi connectivity index (χ1v) is 1.98. The van der Waals surface area contributed by atoms with Gasteiger partial charge in [0.15, 0.2) is 0 Å². The molecule has 0 spiro atoms. The van der Waals surface area contributed by atoms with E-state index in [9.17, 15) is 4.79 Å². The monoisotopic (exact) mass is 180 g/mol. The Morgan fingerprint density at radius 3 is 2.38 bits per heavy atom. The van der Waals surface area contributed by atoms with Crippen LogP contribution in [0.3, 0.4) is 0 Å². The van der Waals surface area contributed by atoms with E-state index in [2.05, 4.69) is 6.58 Å². The Bertz CT molecular complexity index is 105. The summed E-state index contributed by atoms with van der Waals surface area (Å²) >= 11 is 0. The predicted octanol–water partition coefficient (Wildman–Crippen LogP) is -1.77. The average molecular weight is 181 g/mol. The fourth-order valence-electron chi connectivity index (χ4n) is 0.152. The van der Waals surface area contributed by atoms with Gasteiger partial charge < -0.3 is 4.79 Å². The van der Waals surface area contributed by atoms with Gasteiger partial charge in [-0.3, -0.25) is 0 Å². The molecule has 1 nitrogen and oxygen atoms in total. The van der Waals surface area contributed by atoms with Gasteiger partial charge in [0.05, 0.1) is 0 Å².